The fraction of sp³-hybridized carbons (Fsp3) is 0.200. The smallest absolute Gasteiger partial charge is 0.269 e. The van der Waals surface area contributed by atoms with Crippen molar-refractivity contribution < 1.29 is 9.53 Å². The van der Waals surface area contributed by atoms with Crippen molar-refractivity contribution in [3.05, 3.63) is 77.6 Å². The second-order valence-electron chi connectivity index (χ2n) is 5.74. The van der Waals surface area contributed by atoms with Gasteiger partial charge in [-0.15, -0.1) is 0 Å². The van der Waals surface area contributed by atoms with Crippen molar-refractivity contribution in [2.24, 2.45) is 7.05 Å². The second-order valence-corrected chi connectivity index (χ2v) is 5.74. The van der Waals surface area contributed by atoms with E-state index in [2.05, 4.69) is 10.4 Å². The third-order valence-electron chi connectivity index (χ3n) is 3.88. The molecule has 0 bridgehead atoms. The van der Waals surface area contributed by atoms with Crippen LogP contribution in [0.4, 0.5) is 0 Å². The zero-order valence-electron chi connectivity index (χ0n) is 14.4. The average molecular weight is 335 g/mol. The summed E-state index contributed by atoms with van der Waals surface area (Å²) in [4.78, 5) is 12.3. The summed E-state index contributed by atoms with van der Waals surface area (Å²) in [6.07, 6.45) is 0.810. The summed E-state index contributed by atoms with van der Waals surface area (Å²) in [7, 11) is 1.78. The third-order valence-corrected chi connectivity index (χ3v) is 3.88. The Kier molecular flexibility index (Phi) is 5.14. The van der Waals surface area contributed by atoms with Crippen LogP contribution in [0.25, 0.3) is 0 Å². The van der Waals surface area contributed by atoms with Gasteiger partial charge in [-0.2, -0.15) is 5.10 Å². The van der Waals surface area contributed by atoms with Gasteiger partial charge in [0.25, 0.3) is 5.91 Å². The summed E-state index contributed by atoms with van der Waals surface area (Å²) in [6, 6.07) is 19.1. The molecule has 0 saturated carbocycles. The van der Waals surface area contributed by atoms with E-state index in [9.17, 15) is 4.79 Å². The Morgan fingerprint density at radius 1 is 1.08 bits per heavy atom. The first-order chi connectivity index (χ1) is 12.2. The van der Waals surface area contributed by atoms with Gasteiger partial charge < -0.3 is 10.1 Å². The minimum Gasteiger partial charge on any atom is -0.457 e. The first-order valence-corrected chi connectivity index (χ1v) is 8.28. The third kappa shape index (κ3) is 4.26. The molecule has 3 rings (SSSR count). The number of ether oxygens (including phenoxy) is 1. The molecule has 0 fully saturated rings. The van der Waals surface area contributed by atoms with E-state index in [0.717, 1.165) is 29.2 Å². The lowest BCUT2D eigenvalue weighted by Gasteiger charge is -2.08. The molecule has 0 aliphatic rings. The monoisotopic (exact) mass is 335 g/mol. The Morgan fingerprint density at radius 3 is 2.40 bits per heavy atom. The zero-order chi connectivity index (χ0) is 17.6. The van der Waals surface area contributed by atoms with E-state index in [0.29, 0.717) is 12.2 Å². The van der Waals surface area contributed by atoms with Crippen LogP contribution in [0.2, 0.25) is 0 Å². The molecule has 0 saturated heterocycles. The standard InChI is InChI=1S/C20H21N3O2/c1-3-16-13-19(23(2)22-16)20(24)21-14-15-9-11-18(12-10-15)25-17-7-5-4-6-8-17/h4-13H,3,14H2,1-2H3,(H,21,24). The Balaban J connectivity index is 1.58. The minimum absolute atomic E-state index is 0.126. The van der Waals surface area contributed by atoms with Crippen molar-refractivity contribution in [2.75, 3.05) is 0 Å². The summed E-state index contributed by atoms with van der Waals surface area (Å²) in [5.74, 6) is 1.44. The Hall–Kier alpha value is -3.08. The van der Waals surface area contributed by atoms with Gasteiger partial charge in [0.2, 0.25) is 0 Å². The van der Waals surface area contributed by atoms with Gasteiger partial charge in [-0.1, -0.05) is 37.3 Å². The van der Waals surface area contributed by atoms with Gasteiger partial charge in [-0.05, 0) is 42.3 Å². The van der Waals surface area contributed by atoms with Crippen LogP contribution in [0.1, 0.15) is 28.7 Å². The highest BCUT2D eigenvalue weighted by atomic mass is 16.5. The number of rotatable bonds is 6. The summed E-state index contributed by atoms with van der Waals surface area (Å²) < 4.78 is 7.38. The number of hydrogen-bond acceptors (Lipinski definition) is 3. The highest BCUT2D eigenvalue weighted by Gasteiger charge is 2.12. The maximum Gasteiger partial charge on any atom is 0.269 e. The van der Waals surface area contributed by atoms with Crippen LogP contribution in [0, 0.1) is 0 Å². The molecule has 5 heteroatoms. The molecular formula is C20H21N3O2. The number of benzene rings is 2. The first-order valence-electron chi connectivity index (χ1n) is 8.28. The fourth-order valence-corrected chi connectivity index (χ4v) is 2.48. The quantitative estimate of drug-likeness (QED) is 0.747. The van der Waals surface area contributed by atoms with Gasteiger partial charge in [0.1, 0.15) is 17.2 Å². The summed E-state index contributed by atoms with van der Waals surface area (Å²) in [5, 5.41) is 7.22. The molecule has 1 amide bonds. The fourth-order valence-electron chi connectivity index (χ4n) is 2.48. The number of carbonyl (C=O) groups excluding carboxylic acids is 1. The van der Waals surface area contributed by atoms with Gasteiger partial charge in [0.15, 0.2) is 0 Å². The van der Waals surface area contributed by atoms with Crippen molar-refractivity contribution in [3.63, 3.8) is 0 Å². The average Bonchev–Trinajstić information content (AvgIpc) is 3.03. The summed E-state index contributed by atoms with van der Waals surface area (Å²) in [5.41, 5.74) is 2.49. The van der Waals surface area contributed by atoms with Crippen molar-refractivity contribution in [1.29, 1.82) is 0 Å². The molecule has 0 radical (unpaired) electrons. The molecule has 0 unspecified atom stereocenters. The van der Waals surface area contributed by atoms with Gasteiger partial charge in [0.05, 0.1) is 5.69 Å². The van der Waals surface area contributed by atoms with E-state index in [1.807, 2.05) is 67.6 Å². The van der Waals surface area contributed by atoms with Crippen LogP contribution in [0.5, 0.6) is 11.5 Å². The highest BCUT2D eigenvalue weighted by molar-refractivity contribution is 5.92. The molecule has 1 N–H and O–H groups in total. The Bertz CT molecular complexity index is 839. The lowest BCUT2D eigenvalue weighted by molar-refractivity contribution is 0.0941. The van der Waals surface area contributed by atoms with Crippen molar-refractivity contribution >= 4 is 5.91 Å². The Morgan fingerprint density at radius 2 is 1.76 bits per heavy atom. The number of hydrogen-bond donors (Lipinski definition) is 1. The number of para-hydroxylation sites is 1. The van der Waals surface area contributed by atoms with Crippen LogP contribution in [-0.2, 0) is 20.0 Å². The molecule has 0 aliphatic carbocycles. The molecule has 1 aromatic heterocycles. The number of aryl methyl sites for hydroxylation is 2. The van der Waals surface area contributed by atoms with Gasteiger partial charge in [-0.3, -0.25) is 9.48 Å². The van der Waals surface area contributed by atoms with E-state index in [1.165, 1.54) is 0 Å². The molecule has 3 aromatic rings. The second kappa shape index (κ2) is 7.66. The number of amides is 1. The van der Waals surface area contributed by atoms with E-state index in [1.54, 1.807) is 11.7 Å². The van der Waals surface area contributed by atoms with Crippen molar-refractivity contribution in [3.8, 4) is 11.5 Å². The van der Waals surface area contributed by atoms with Crippen LogP contribution in [-0.4, -0.2) is 15.7 Å². The SMILES string of the molecule is CCc1cc(C(=O)NCc2ccc(Oc3ccccc3)cc2)n(C)n1. The van der Waals surface area contributed by atoms with Crippen LogP contribution in [0.3, 0.4) is 0 Å². The normalized spacial score (nSPS) is 10.5. The molecule has 2 aromatic carbocycles. The molecule has 5 nitrogen and oxygen atoms in total. The molecule has 0 atom stereocenters. The predicted octanol–water partition coefficient (Wildman–Crippen LogP) is 3.70. The predicted molar refractivity (Wildman–Crippen MR) is 96.7 cm³/mol. The van der Waals surface area contributed by atoms with E-state index < -0.39 is 0 Å². The van der Waals surface area contributed by atoms with Crippen LogP contribution in [0.15, 0.2) is 60.7 Å². The van der Waals surface area contributed by atoms with Crippen LogP contribution < -0.4 is 10.1 Å². The Labute approximate surface area is 147 Å². The maximum absolute atomic E-state index is 12.3. The largest absolute Gasteiger partial charge is 0.457 e. The van der Waals surface area contributed by atoms with Crippen LogP contribution >= 0.6 is 0 Å². The van der Waals surface area contributed by atoms with Gasteiger partial charge in [-0.25, -0.2) is 0 Å². The first kappa shape index (κ1) is 16.8. The number of aromatic nitrogens is 2. The number of carbonyl (C=O) groups is 1. The number of nitrogens with zero attached hydrogens (tertiary/aromatic N) is 2. The summed E-state index contributed by atoms with van der Waals surface area (Å²) >= 11 is 0. The van der Waals surface area contributed by atoms with E-state index in [-0.39, 0.29) is 5.91 Å². The molecule has 128 valence electrons. The van der Waals surface area contributed by atoms with E-state index in [4.69, 9.17) is 4.74 Å². The molecule has 1 heterocycles. The van der Waals surface area contributed by atoms with E-state index >= 15 is 0 Å². The molecular weight excluding hydrogens is 314 g/mol. The molecule has 25 heavy (non-hydrogen) atoms. The van der Waals surface area contributed by atoms with Gasteiger partial charge >= 0.3 is 0 Å². The molecule has 0 aliphatic heterocycles. The van der Waals surface area contributed by atoms with Gasteiger partial charge in [0, 0.05) is 13.6 Å². The van der Waals surface area contributed by atoms with Crippen molar-refractivity contribution in [2.45, 2.75) is 19.9 Å². The molecule has 0 spiro atoms. The lowest BCUT2D eigenvalue weighted by Crippen LogP contribution is -2.25. The minimum atomic E-state index is -0.126. The van der Waals surface area contributed by atoms with Crippen molar-refractivity contribution in [1.82, 2.24) is 15.1 Å². The number of nitrogens with one attached hydrogen (secondary N) is 1. The maximum atomic E-state index is 12.3. The highest BCUT2D eigenvalue weighted by Crippen LogP contribution is 2.21. The lowest BCUT2D eigenvalue weighted by atomic mass is 10.2. The zero-order valence-corrected chi connectivity index (χ0v) is 14.4. The topological polar surface area (TPSA) is 56.1 Å². The summed E-state index contributed by atoms with van der Waals surface area (Å²) in [6.45, 7) is 2.47.